The second-order valence-corrected chi connectivity index (χ2v) is 7.78. The molecule has 1 aromatic heterocycles. The minimum Gasteiger partial charge on any atom is -0.373 e. The van der Waals surface area contributed by atoms with E-state index in [1.54, 1.807) is 0 Å². The standard InChI is InChI=1S/C21H30N4O/c1-5-22-21(25-18-10-16-6-7-19(18)26-16)23-11-15-8-12(2)9-17-13(3)14(4)24-20(15)17/h8-9,16,18-19,24H,5-7,10-11H2,1-4H3,(H2,22,23,25). The third-order valence-corrected chi connectivity index (χ3v) is 5.82. The molecule has 2 aliphatic heterocycles. The molecule has 2 aromatic rings. The second-order valence-electron chi connectivity index (χ2n) is 7.78. The van der Waals surface area contributed by atoms with Gasteiger partial charge in [0.05, 0.1) is 30.3 Å². The van der Waals surface area contributed by atoms with Gasteiger partial charge in [0.15, 0.2) is 5.96 Å². The summed E-state index contributed by atoms with van der Waals surface area (Å²) in [6, 6.07) is 4.89. The Labute approximate surface area is 155 Å². The molecule has 0 radical (unpaired) electrons. The highest BCUT2D eigenvalue weighted by molar-refractivity contribution is 5.88. The lowest BCUT2D eigenvalue weighted by atomic mass is 9.96. The lowest BCUT2D eigenvalue weighted by molar-refractivity contribution is 0.0992. The molecule has 4 rings (SSSR count). The molecule has 0 aliphatic carbocycles. The van der Waals surface area contributed by atoms with Gasteiger partial charge in [-0.3, -0.25) is 0 Å². The molecule has 140 valence electrons. The third kappa shape index (κ3) is 3.20. The van der Waals surface area contributed by atoms with E-state index in [1.807, 2.05) is 0 Å². The van der Waals surface area contributed by atoms with E-state index in [0.29, 0.717) is 24.8 Å². The molecule has 2 saturated heterocycles. The van der Waals surface area contributed by atoms with Gasteiger partial charge < -0.3 is 20.4 Å². The molecule has 3 atom stereocenters. The molecule has 3 heterocycles. The highest BCUT2D eigenvalue weighted by Gasteiger charge is 2.41. The molecule has 2 bridgehead atoms. The number of benzene rings is 1. The van der Waals surface area contributed by atoms with Gasteiger partial charge in [0, 0.05) is 17.6 Å². The average Bonchev–Trinajstić information content (AvgIpc) is 3.30. The predicted octanol–water partition coefficient (Wildman–Crippen LogP) is 3.47. The molecular weight excluding hydrogens is 324 g/mol. The first-order valence-corrected chi connectivity index (χ1v) is 9.84. The number of fused-ring (bicyclic) bond motifs is 3. The minimum atomic E-state index is 0.350. The molecule has 2 fully saturated rings. The number of nitrogens with one attached hydrogen (secondary N) is 3. The van der Waals surface area contributed by atoms with Gasteiger partial charge in [-0.2, -0.15) is 0 Å². The van der Waals surface area contributed by atoms with Crippen LogP contribution in [0.25, 0.3) is 10.9 Å². The first-order valence-electron chi connectivity index (χ1n) is 9.84. The van der Waals surface area contributed by atoms with Crippen molar-refractivity contribution in [2.24, 2.45) is 4.99 Å². The van der Waals surface area contributed by atoms with E-state index in [2.05, 4.69) is 55.4 Å². The minimum absolute atomic E-state index is 0.350. The van der Waals surface area contributed by atoms with Crippen LogP contribution in [0.15, 0.2) is 17.1 Å². The van der Waals surface area contributed by atoms with Crippen LogP contribution in [0.3, 0.4) is 0 Å². The van der Waals surface area contributed by atoms with Gasteiger partial charge >= 0.3 is 0 Å². The van der Waals surface area contributed by atoms with Gasteiger partial charge in [0.1, 0.15) is 0 Å². The number of nitrogens with zero attached hydrogens (tertiary/aromatic N) is 1. The SMILES string of the molecule is CCNC(=NCc1cc(C)cc2c(C)c(C)[nH]c12)NC1CC2CCC1O2. The van der Waals surface area contributed by atoms with E-state index in [0.717, 1.165) is 18.9 Å². The number of hydrogen-bond donors (Lipinski definition) is 3. The number of aliphatic imine (C=N–C) groups is 1. The smallest absolute Gasteiger partial charge is 0.191 e. The zero-order valence-corrected chi connectivity index (χ0v) is 16.3. The molecule has 5 nitrogen and oxygen atoms in total. The monoisotopic (exact) mass is 354 g/mol. The number of guanidine groups is 1. The van der Waals surface area contributed by atoms with Crippen molar-refractivity contribution in [3.63, 3.8) is 0 Å². The van der Waals surface area contributed by atoms with Gasteiger partial charge in [-0.05, 0) is 64.2 Å². The average molecular weight is 354 g/mol. The van der Waals surface area contributed by atoms with E-state index < -0.39 is 0 Å². The summed E-state index contributed by atoms with van der Waals surface area (Å²) >= 11 is 0. The summed E-state index contributed by atoms with van der Waals surface area (Å²) in [5.41, 5.74) is 6.31. The number of rotatable bonds is 4. The van der Waals surface area contributed by atoms with Gasteiger partial charge in [0.2, 0.25) is 0 Å². The van der Waals surface area contributed by atoms with E-state index in [1.165, 1.54) is 46.1 Å². The predicted molar refractivity (Wildman–Crippen MR) is 107 cm³/mol. The Morgan fingerprint density at radius 1 is 1.27 bits per heavy atom. The van der Waals surface area contributed by atoms with Crippen molar-refractivity contribution >= 4 is 16.9 Å². The maximum Gasteiger partial charge on any atom is 0.191 e. The molecule has 2 aliphatic rings. The van der Waals surface area contributed by atoms with Crippen molar-refractivity contribution in [2.75, 3.05) is 6.54 Å². The van der Waals surface area contributed by atoms with Gasteiger partial charge in [-0.25, -0.2) is 4.99 Å². The van der Waals surface area contributed by atoms with E-state index in [-0.39, 0.29) is 0 Å². The van der Waals surface area contributed by atoms with Crippen LogP contribution in [-0.4, -0.2) is 35.7 Å². The Morgan fingerprint density at radius 2 is 2.12 bits per heavy atom. The molecule has 3 unspecified atom stereocenters. The van der Waals surface area contributed by atoms with Crippen molar-refractivity contribution in [1.82, 2.24) is 15.6 Å². The lowest BCUT2D eigenvalue weighted by Crippen LogP contribution is -2.47. The van der Waals surface area contributed by atoms with Crippen molar-refractivity contribution in [3.05, 3.63) is 34.5 Å². The van der Waals surface area contributed by atoms with E-state index in [9.17, 15) is 0 Å². The highest BCUT2D eigenvalue weighted by atomic mass is 16.5. The lowest BCUT2D eigenvalue weighted by Gasteiger charge is -2.22. The Hall–Kier alpha value is -2.01. The highest BCUT2D eigenvalue weighted by Crippen LogP contribution is 2.34. The third-order valence-electron chi connectivity index (χ3n) is 5.82. The Bertz CT molecular complexity index is 838. The van der Waals surface area contributed by atoms with Crippen LogP contribution < -0.4 is 10.6 Å². The van der Waals surface area contributed by atoms with Crippen LogP contribution in [0.1, 0.15) is 48.6 Å². The molecule has 3 N–H and O–H groups in total. The van der Waals surface area contributed by atoms with Crippen LogP contribution in [0, 0.1) is 20.8 Å². The molecule has 26 heavy (non-hydrogen) atoms. The summed E-state index contributed by atoms with van der Waals surface area (Å²) in [7, 11) is 0. The molecule has 5 heteroatoms. The number of ether oxygens (including phenoxy) is 1. The van der Waals surface area contributed by atoms with Crippen molar-refractivity contribution < 1.29 is 4.74 Å². The van der Waals surface area contributed by atoms with Gasteiger partial charge in [0.25, 0.3) is 0 Å². The van der Waals surface area contributed by atoms with Crippen molar-refractivity contribution in [2.45, 2.75) is 71.8 Å². The normalized spacial score (nSPS) is 25.2. The number of aryl methyl sites for hydroxylation is 3. The largest absolute Gasteiger partial charge is 0.373 e. The summed E-state index contributed by atoms with van der Waals surface area (Å²) in [6.45, 7) is 10.1. The zero-order chi connectivity index (χ0) is 18.3. The van der Waals surface area contributed by atoms with Crippen LogP contribution in [0.5, 0.6) is 0 Å². The maximum absolute atomic E-state index is 5.97. The van der Waals surface area contributed by atoms with Crippen LogP contribution in [0.2, 0.25) is 0 Å². The Morgan fingerprint density at radius 3 is 2.81 bits per heavy atom. The summed E-state index contributed by atoms with van der Waals surface area (Å²) in [5, 5.41) is 8.31. The number of aromatic amines is 1. The molecule has 0 spiro atoms. The Kier molecular flexibility index (Phi) is 4.65. The summed E-state index contributed by atoms with van der Waals surface area (Å²) < 4.78 is 5.97. The first-order chi connectivity index (χ1) is 12.5. The molecular formula is C21H30N4O. The maximum atomic E-state index is 5.97. The second kappa shape index (κ2) is 6.95. The fraction of sp³-hybridized carbons (Fsp3) is 0.571. The van der Waals surface area contributed by atoms with Crippen LogP contribution >= 0.6 is 0 Å². The fourth-order valence-electron chi connectivity index (χ4n) is 4.36. The number of hydrogen-bond acceptors (Lipinski definition) is 2. The molecule has 0 saturated carbocycles. The van der Waals surface area contributed by atoms with E-state index >= 15 is 0 Å². The van der Waals surface area contributed by atoms with Crippen molar-refractivity contribution in [3.8, 4) is 0 Å². The van der Waals surface area contributed by atoms with Gasteiger partial charge in [-0.1, -0.05) is 11.6 Å². The van der Waals surface area contributed by atoms with Crippen LogP contribution in [0.4, 0.5) is 0 Å². The quantitative estimate of drug-likeness (QED) is 0.582. The topological polar surface area (TPSA) is 61.4 Å². The Balaban J connectivity index is 1.56. The fourth-order valence-corrected chi connectivity index (χ4v) is 4.36. The van der Waals surface area contributed by atoms with Gasteiger partial charge in [-0.15, -0.1) is 0 Å². The first kappa shape index (κ1) is 17.4. The summed E-state index contributed by atoms with van der Waals surface area (Å²) in [4.78, 5) is 8.42. The number of aromatic nitrogens is 1. The molecule has 1 aromatic carbocycles. The van der Waals surface area contributed by atoms with Crippen molar-refractivity contribution in [1.29, 1.82) is 0 Å². The number of H-pyrrole nitrogens is 1. The summed E-state index contributed by atoms with van der Waals surface area (Å²) in [5.74, 6) is 0.892. The zero-order valence-electron chi connectivity index (χ0n) is 16.3. The van der Waals surface area contributed by atoms with Crippen LogP contribution in [-0.2, 0) is 11.3 Å². The van der Waals surface area contributed by atoms with E-state index in [4.69, 9.17) is 9.73 Å². The molecule has 0 amide bonds. The summed E-state index contributed by atoms with van der Waals surface area (Å²) in [6.07, 6.45) is 4.27.